The lowest BCUT2D eigenvalue weighted by Gasteiger charge is -2.17. The van der Waals surface area contributed by atoms with Gasteiger partial charge in [0.1, 0.15) is 24.1 Å². The Labute approximate surface area is 424 Å². The van der Waals surface area contributed by atoms with E-state index in [4.69, 9.17) is 19.9 Å². The molecule has 0 aliphatic carbocycles. The van der Waals surface area contributed by atoms with E-state index < -0.39 is 61.5 Å². The van der Waals surface area contributed by atoms with Gasteiger partial charge in [-0.25, -0.2) is 18.2 Å². The minimum Gasteiger partial charge on any atom is -0.387 e. The number of phosphoric acid groups is 2. The van der Waals surface area contributed by atoms with Gasteiger partial charge in [0.25, 0.3) is 0 Å². The van der Waals surface area contributed by atoms with Gasteiger partial charge in [-0.2, -0.15) is 4.98 Å². The van der Waals surface area contributed by atoms with Crippen LogP contribution in [0.1, 0.15) is 161 Å². The monoisotopic (exact) mass is 1060 g/mol. The number of carbonyl (C=O) groups is 2. The van der Waals surface area contributed by atoms with Crippen LogP contribution in [0.2, 0.25) is 0 Å². The van der Waals surface area contributed by atoms with Gasteiger partial charge in [0.15, 0.2) is 15.3 Å². The highest BCUT2D eigenvalue weighted by molar-refractivity contribution is 7.55. The van der Waals surface area contributed by atoms with Gasteiger partial charge in [-0.3, -0.25) is 32.6 Å². The SMILES string of the molecule is CC/C=C\C/C=C\C/C=C\C/C=C\C/C=C\CCCC(=O)Cc1ccn(C2OC(COP(=O)(O)OC=O)C(O)C2O)c(=O)n1.CCCCCCCCCCCCC/C=C/CC(N)COP(=O)(OC)OPO. The summed E-state index contributed by atoms with van der Waals surface area (Å²) in [5, 5.41) is 20.5. The summed E-state index contributed by atoms with van der Waals surface area (Å²) >= 11 is 0. The molecule has 0 bridgehead atoms. The van der Waals surface area contributed by atoms with Crippen molar-refractivity contribution in [3.05, 3.63) is 101 Å². The van der Waals surface area contributed by atoms with Gasteiger partial charge in [-0.1, -0.05) is 151 Å². The summed E-state index contributed by atoms with van der Waals surface area (Å²) in [5.41, 5.74) is 5.35. The Morgan fingerprint density at radius 3 is 1.92 bits per heavy atom. The Kier molecular flexibility index (Phi) is 39.3. The van der Waals surface area contributed by atoms with Crippen LogP contribution >= 0.6 is 24.7 Å². The molecule has 2 heterocycles. The lowest BCUT2D eigenvalue weighted by atomic mass is 10.1. The number of aromatic nitrogens is 2. The predicted molar refractivity (Wildman–Crippen MR) is 279 cm³/mol. The number of unbranched alkanes of at least 4 members (excludes halogenated alkanes) is 12. The maximum atomic E-state index is 12.6. The third kappa shape index (κ3) is 33.4. The largest absolute Gasteiger partial charge is 0.529 e. The fourth-order valence-electron chi connectivity index (χ4n) is 6.90. The van der Waals surface area contributed by atoms with Crippen molar-refractivity contribution in [2.75, 3.05) is 20.3 Å². The lowest BCUT2D eigenvalue weighted by Crippen LogP contribution is -2.36. The van der Waals surface area contributed by atoms with Crippen molar-refractivity contribution < 1.29 is 65.9 Å². The van der Waals surface area contributed by atoms with Crippen molar-refractivity contribution in [1.82, 2.24) is 9.55 Å². The van der Waals surface area contributed by atoms with Crippen LogP contribution in [0.3, 0.4) is 0 Å². The van der Waals surface area contributed by atoms with Crippen LogP contribution in [0.4, 0.5) is 0 Å². The first-order valence-corrected chi connectivity index (χ1v) is 28.8. The number of ether oxygens (including phenoxy) is 1. The van der Waals surface area contributed by atoms with E-state index in [2.05, 4.69) is 97.5 Å². The standard InChI is InChI=1S/C31H43N2O10P.C19H41NO5P2/c1-2-3-4-5-6-7-8-9-10-11-12-13-14-15-16-17-18-19-26(35)22-25-20-21-33(31(38)32-25)30-29(37)28(36)27(43-30)23-41-44(39,40)42-24-34;1-3-4-5-6-7-8-9-10-11-12-13-14-15-16-17-19(20)18-24-27(22,23-2)25-26-21/h3-4,6-7,9-10,12-13,15-16,20-21,24,27-30,36-37H,2,5,8,11,14,17-19,22-23H2,1H3,(H,39,40);15-16,19,21,26H,3-14,17-18,20H2,1-2H3/b4-3-,7-6-,10-9-,13-12-,16-15-;16-15+. The van der Waals surface area contributed by atoms with Gasteiger partial charge in [-0.05, 0) is 70.3 Å². The highest BCUT2D eigenvalue weighted by atomic mass is 31.2. The third-order valence-corrected chi connectivity index (χ3v) is 13.8. The molecule has 404 valence electrons. The van der Waals surface area contributed by atoms with Gasteiger partial charge in [0.05, 0.1) is 18.9 Å². The summed E-state index contributed by atoms with van der Waals surface area (Å²) in [7, 11) is -8.11. The number of hydrogen-bond donors (Lipinski definition) is 5. The van der Waals surface area contributed by atoms with Gasteiger partial charge in [-0.15, -0.1) is 0 Å². The summed E-state index contributed by atoms with van der Waals surface area (Å²) < 4.78 is 52.4. The number of rotatable bonds is 41. The molecule has 6 N–H and O–H groups in total. The smallest absolute Gasteiger partial charge is 0.387 e. The second-order valence-electron chi connectivity index (χ2n) is 16.8. The van der Waals surface area contributed by atoms with Crippen molar-refractivity contribution in [2.24, 2.45) is 5.73 Å². The van der Waals surface area contributed by atoms with Gasteiger partial charge >= 0.3 is 27.8 Å². The molecule has 0 amide bonds. The number of phosphoric ester groups is 2. The maximum Gasteiger partial charge on any atom is 0.529 e. The molecule has 0 aromatic carbocycles. The van der Waals surface area contributed by atoms with Crippen molar-refractivity contribution in [1.29, 1.82) is 0 Å². The van der Waals surface area contributed by atoms with Crippen LogP contribution in [-0.2, 0) is 52.3 Å². The number of ketones is 1. The van der Waals surface area contributed by atoms with E-state index >= 15 is 0 Å². The average Bonchev–Trinajstić information content (AvgIpc) is 3.62. The summed E-state index contributed by atoms with van der Waals surface area (Å²) in [4.78, 5) is 57.1. The molecule has 1 aliphatic heterocycles. The molecule has 0 radical (unpaired) electrons. The van der Waals surface area contributed by atoms with Gasteiger partial charge < -0.3 is 30.1 Å². The first kappa shape index (κ1) is 66.0. The topological polar surface area (TPSA) is 265 Å². The fraction of sp³-hybridized carbons (Fsp3) is 0.640. The number of carbonyl (C=O) groups excluding carboxylic acids is 2. The second-order valence-corrected chi connectivity index (χ2v) is 20.7. The van der Waals surface area contributed by atoms with E-state index in [1.807, 2.05) is 12.2 Å². The lowest BCUT2D eigenvalue weighted by molar-refractivity contribution is -0.122. The fourth-order valence-corrected chi connectivity index (χ4v) is 8.80. The molecule has 8 unspecified atom stereocenters. The Bertz CT molecular complexity index is 1910. The van der Waals surface area contributed by atoms with Crippen molar-refractivity contribution in [3.63, 3.8) is 0 Å². The molecular formula is C50H84N3O15P3. The predicted octanol–water partition coefficient (Wildman–Crippen LogP) is 10.4. The van der Waals surface area contributed by atoms with Crippen LogP contribution in [-0.4, -0.2) is 86.5 Å². The van der Waals surface area contributed by atoms with Crippen LogP contribution in [0.5, 0.6) is 0 Å². The first-order valence-electron chi connectivity index (χ1n) is 25.0. The molecule has 1 saturated heterocycles. The second kappa shape index (κ2) is 42.3. The molecule has 71 heavy (non-hydrogen) atoms. The molecule has 18 nitrogen and oxygen atoms in total. The summed E-state index contributed by atoms with van der Waals surface area (Å²) in [6.45, 7) is 3.46. The van der Waals surface area contributed by atoms with E-state index in [1.165, 1.54) is 90.0 Å². The average molecular weight is 1060 g/mol. The summed E-state index contributed by atoms with van der Waals surface area (Å²) in [6.07, 6.45) is 43.9. The summed E-state index contributed by atoms with van der Waals surface area (Å²) in [6, 6.07) is 1.16. The van der Waals surface area contributed by atoms with Crippen LogP contribution in [0, 0.1) is 0 Å². The Morgan fingerprint density at radius 1 is 0.817 bits per heavy atom. The van der Waals surface area contributed by atoms with E-state index in [9.17, 15) is 38.6 Å². The minimum absolute atomic E-state index is 0.0303. The zero-order valence-corrected chi connectivity index (χ0v) is 45.0. The quantitative estimate of drug-likeness (QED) is 0.0177. The molecule has 8 atom stereocenters. The minimum atomic E-state index is -4.70. The van der Waals surface area contributed by atoms with Crippen LogP contribution in [0.25, 0.3) is 0 Å². The summed E-state index contributed by atoms with van der Waals surface area (Å²) in [5.74, 6) is -0.0715. The maximum absolute atomic E-state index is 12.6. The van der Waals surface area contributed by atoms with Crippen LogP contribution in [0.15, 0.2) is 90.0 Å². The molecule has 1 aromatic rings. The number of nitrogens with two attached hydrogens (primary N) is 1. The first-order chi connectivity index (χ1) is 34.3. The number of aliphatic hydroxyl groups is 2. The third-order valence-electron chi connectivity index (χ3n) is 10.8. The Morgan fingerprint density at radius 2 is 1.37 bits per heavy atom. The Hall–Kier alpha value is -3.05. The molecule has 1 aromatic heterocycles. The van der Waals surface area contributed by atoms with E-state index in [0.29, 0.717) is 19.3 Å². The zero-order valence-electron chi connectivity index (χ0n) is 42.2. The molecule has 2 rings (SSSR count). The zero-order chi connectivity index (χ0) is 52.4. The number of Topliss-reactive ketones (excluding diaryl/α,β-unsaturated/α-hetero) is 1. The van der Waals surface area contributed by atoms with Crippen molar-refractivity contribution in [2.45, 2.75) is 186 Å². The van der Waals surface area contributed by atoms with Crippen LogP contribution < -0.4 is 11.4 Å². The van der Waals surface area contributed by atoms with Crippen molar-refractivity contribution in [3.8, 4) is 0 Å². The van der Waals surface area contributed by atoms with Crippen molar-refractivity contribution >= 4 is 36.9 Å². The molecule has 1 fully saturated rings. The molecule has 0 saturated carbocycles. The number of nitrogens with zero attached hydrogens (tertiary/aromatic N) is 2. The molecule has 21 heteroatoms. The number of hydrogen-bond acceptors (Lipinski definition) is 16. The van der Waals surface area contributed by atoms with E-state index in [-0.39, 0.29) is 37.0 Å². The highest BCUT2D eigenvalue weighted by Crippen LogP contribution is 2.53. The molecule has 0 spiro atoms. The number of allylic oxidation sites excluding steroid dienone is 11. The normalized spacial score (nSPS) is 19.7. The van der Waals surface area contributed by atoms with E-state index in [1.54, 1.807) is 0 Å². The van der Waals surface area contributed by atoms with E-state index in [0.717, 1.165) is 49.5 Å². The molecular weight excluding hydrogens is 975 g/mol. The highest BCUT2D eigenvalue weighted by Gasteiger charge is 2.45. The molecule has 1 aliphatic rings. The van der Waals surface area contributed by atoms with Gasteiger partial charge in [0, 0.05) is 32.2 Å². The van der Waals surface area contributed by atoms with Gasteiger partial charge in [0.2, 0.25) is 0 Å². The Balaban J connectivity index is 0.000000801. The number of aliphatic hydroxyl groups excluding tert-OH is 2.